The highest BCUT2D eigenvalue weighted by Crippen LogP contribution is 2.20. The summed E-state index contributed by atoms with van der Waals surface area (Å²) in [6, 6.07) is 5.85. The van der Waals surface area contributed by atoms with Crippen LogP contribution in [0.25, 0.3) is 33.1 Å². The van der Waals surface area contributed by atoms with Gasteiger partial charge in [-0.25, -0.2) is 34.1 Å². The molecule has 16 heteroatoms. The maximum absolute atomic E-state index is 9.11. The minimum Gasteiger partial charge on any atom is -0.369 e. The molecular weight excluding hydrogens is 637 g/mol. The average Bonchev–Trinajstić information content (AvgIpc) is 3.73. The van der Waals surface area contributed by atoms with E-state index in [2.05, 4.69) is 70.1 Å². The number of aryl methyl sites for hydroxylation is 2. The van der Waals surface area contributed by atoms with E-state index in [1.807, 2.05) is 26.0 Å². The number of nitrogens with zero attached hydrogens (tertiary/aromatic N) is 6. The Bertz CT molecular complexity index is 1730. The van der Waals surface area contributed by atoms with Crippen molar-refractivity contribution in [1.82, 2.24) is 44.9 Å². The van der Waals surface area contributed by atoms with Crippen LogP contribution in [0, 0.1) is 13.8 Å². The van der Waals surface area contributed by atoms with Gasteiger partial charge < -0.3 is 30.6 Å². The van der Waals surface area contributed by atoms with Crippen molar-refractivity contribution in [2.75, 3.05) is 24.7 Å². The van der Waals surface area contributed by atoms with Gasteiger partial charge >= 0.3 is 0 Å². The van der Waals surface area contributed by atoms with Gasteiger partial charge in [-0.05, 0) is 51.4 Å². The monoisotopic (exact) mass is 677 g/mol. The molecule has 0 aliphatic rings. The van der Waals surface area contributed by atoms with Gasteiger partial charge in [0.05, 0.1) is 16.2 Å². The maximum Gasteiger partial charge on any atom is 0.149 e. The number of unbranched alkanes of at least 4 members (excludes halogenated alkanes) is 2. The molecule has 1 atom stereocenters. The molecule has 0 spiro atoms. The molecule has 244 valence electrons. The first-order chi connectivity index (χ1) is 21.6. The summed E-state index contributed by atoms with van der Waals surface area (Å²) in [5.74, 6) is 0.929. The van der Waals surface area contributed by atoms with Crippen LogP contribution in [0.1, 0.15) is 50.9 Å². The molecular formula is C29H41Cl2N11O2S. The van der Waals surface area contributed by atoms with Crippen LogP contribution in [0.15, 0.2) is 43.4 Å². The number of H-pyrrole nitrogens is 3. The Morgan fingerprint density at radius 2 is 1.33 bits per heavy atom. The van der Waals surface area contributed by atoms with Gasteiger partial charge in [-0.3, -0.25) is 0 Å². The van der Waals surface area contributed by atoms with E-state index in [0.29, 0.717) is 10.3 Å². The largest absolute Gasteiger partial charge is 0.369 e. The lowest BCUT2D eigenvalue weighted by molar-refractivity contribution is 0.571. The molecule has 0 fully saturated rings. The maximum atomic E-state index is 9.11. The van der Waals surface area contributed by atoms with Gasteiger partial charge in [-0.2, -0.15) is 0 Å². The fourth-order valence-electron chi connectivity index (χ4n) is 3.68. The number of hydrogen-bond acceptors (Lipinski definition) is 9. The van der Waals surface area contributed by atoms with Crippen LogP contribution in [0.5, 0.6) is 0 Å². The fraction of sp³-hybridized carbons (Fsp3) is 0.379. The predicted molar refractivity (Wildman–Crippen MR) is 185 cm³/mol. The molecule has 7 N–H and O–H groups in total. The summed E-state index contributed by atoms with van der Waals surface area (Å²) in [4.78, 5) is 33.3. The Morgan fingerprint density at radius 1 is 0.822 bits per heavy atom. The molecule has 0 aliphatic carbocycles. The van der Waals surface area contributed by atoms with Gasteiger partial charge in [0, 0.05) is 30.4 Å². The van der Waals surface area contributed by atoms with Gasteiger partial charge in [0.1, 0.15) is 63.1 Å². The molecule has 6 aromatic heterocycles. The third-order valence-corrected chi connectivity index (χ3v) is 6.36. The van der Waals surface area contributed by atoms with Crippen LogP contribution in [-0.4, -0.2) is 73.0 Å². The van der Waals surface area contributed by atoms with Crippen molar-refractivity contribution in [3.63, 3.8) is 0 Å². The van der Waals surface area contributed by atoms with Crippen LogP contribution >= 0.6 is 23.2 Å². The highest BCUT2D eigenvalue weighted by molar-refractivity contribution is 7.78. The summed E-state index contributed by atoms with van der Waals surface area (Å²) in [5.41, 5.74) is 9.77. The lowest BCUT2D eigenvalue weighted by atomic mass is 10.3. The second-order valence-corrected chi connectivity index (χ2v) is 11.1. The van der Waals surface area contributed by atoms with Crippen LogP contribution in [0.2, 0.25) is 10.3 Å². The molecule has 0 saturated carbocycles. The summed E-state index contributed by atoms with van der Waals surface area (Å²) >= 11 is 9.92. The van der Waals surface area contributed by atoms with E-state index >= 15 is 0 Å². The normalized spacial score (nSPS) is 10.9. The van der Waals surface area contributed by atoms with Gasteiger partial charge in [0.15, 0.2) is 0 Å². The van der Waals surface area contributed by atoms with E-state index in [1.165, 1.54) is 38.2 Å². The quantitative estimate of drug-likeness (QED) is 0.0634. The van der Waals surface area contributed by atoms with Gasteiger partial charge in [0.25, 0.3) is 0 Å². The van der Waals surface area contributed by atoms with E-state index in [4.69, 9.17) is 37.7 Å². The number of nitrogens with one attached hydrogen (secondary N) is 4. The van der Waals surface area contributed by atoms with Crippen molar-refractivity contribution in [3.05, 3.63) is 65.1 Å². The Morgan fingerprint density at radius 3 is 1.84 bits per heavy atom. The van der Waals surface area contributed by atoms with Crippen molar-refractivity contribution in [1.29, 1.82) is 0 Å². The molecule has 6 heterocycles. The molecule has 0 bridgehead atoms. The standard InChI is InChI=1S/C11H16N4.C7H6ClN3.C6H4ClN3.C4H11N.CH4O2S/c1-3-4-5-12-10-9-6-8(2)15-11(9)14-7-13-10;1-4-2-5-6(8)9-3-10-7(5)11-4;7-5-4-1-2-8-6(4)10-3-9-5;1-2-3-4-5;1-4(2)3/h6-7H,3-5H2,1-2H3,(H2,12,13,14,15);2-3H,1H3,(H,9,10,11);1-3H,(H,8,9,10);2-5H2,1H3;1H3,(H,2,3). The number of aromatic amines is 3. The van der Waals surface area contributed by atoms with E-state index in [9.17, 15) is 0 Å². The fourth-order valence-corrected chi connectivity index (χ4v) is 4.07. The van der Waals surface area contributed by atoms with Crippen molar-refractivity contribution < 1.29 is 8.76 Å². The summed E-state index contributed by atoms with van der Waals surface area (Å²) in [5, 5.41) is 7.14. The number of hydrogen-bond donors (Lipinski definition) is 6. The number of aromatic nitrogens is 9. The number of rotatable bonds is 6. The Hall–Kier alpha value is -3.69. The second-order valence-electron chi connectivity index (χ2n) is 9.57. The Balaban J connectivity index is 0.000000211. The molecule has 0 amide bonds. The number of anilines is 1. The third-order valence-electron chi connectivity index (χ3n) is 5.76. The minimum atomic E-state index is -1.61. The number of fused-ring (bicyclic) bond motifs is 3. The Kier molecular flexibility index (Phi) is 17.0. The lowest BCUT2D eigenvalue weighted by Gasteiger charge is -2.04. The van der Waals surface area contributed by atoms with Crippen LogP contribution in [-0.2, 0) is 11.1 Å². The third kappa shape index (κ3) is 13.1. The summed E-state index contributed by atoms with van der Waals surface area (Å²) in [6.07, 6.45) is 12.2. The van der Waals surface area contributed by atoms with Crippen molar-refractivity contribution in [2.45, 2.75) is 53.4 Å². The zero-order valence-corrected chi connectivity index (χ0v) is 28.4. The van der Waals surface area contributed by atoms with Crippen molar-refractivity contribution in [3.8, 4) is 0 Å². The average molecular weight is 679 g/mol. The molecule has 0 saturated heterocycles. The lowest BCUT2D eigenvalue weighted by Crippen LogP contribution is -2.03. The highest BCUT2D eigenvalue weighted by Gasteiger charge is 2.05. The van der Waals surface area contributed by atoms with E-state index in [1.54, 1.807) is 12.5 Å². The minimum absolute atomic E-state index is 0.492. The predicted octanol–water partition coefficient (Wildman–Crippen LogP) is 6.59. The number of nitrogens with two attached hydrogens (primary N) is 1. The topological polar surface area (TPSA) is 200 Å². The summed E-state index contributed by atoms with van der Waals surface area (Å²) in [7, 11) is 0. The molecule has 0 aliphatic heterocycles. The van der Waals surface area contributed by atoms with Crippen LogP contribution < -0.4 is 11.1 Å². The zero-order valence-electron chi connectivity index (χ0n) is 26.1. The zero-order chi connectivity index (χ0) is 33.2. The van der Waals surface area contributed by atoms with Gasteiger partial charge in [-0.1, -0.05) is 49.9 Å². The smallest absolute Gasteiger partial charge is 0.149 e. The molecule has 6 rings (SSSR count). The summed E-state index contributed by atoms with van der Waals surface area (Å²) in [6.45, 7) is 10.1. The molecule has 0 radical (unpaired) electrons. The van der Waals surface area contributed by atoms with E-state index in [0.717, 1.165) is 69.8 Å². The first kappa shape index (κ1) is 37.5. The molecule has 1 unspecified atom stereocenters. The van der Waals surface area contributed by atoms with Gasteiger partial charge in [-0.15, -0.1) is 0 Å². The first-order valence-corrected chi connectivity index (χ1v) is 16.5. The first-order valence-electron chi connectivity index (χ1n) is 14.3. The molecule has 0 aromatic carbocycles. The highest BCUT2D eigenvalue weighted by atomic mass is 35.5. The number of halogens is 2. The van der Waals surface area contributed by atoms with E-state index in [-0.39, 0.29) is 0 Å². The van der Waals surface area contributed by atoms with E-state index < -0.39 is 11.1 Å². The Labute approximate surface area is 274 Å². The van der Waals surface area contributed by atoms with Crippen LogP contribution in [0.3, 0.4) is 0 Å². The second kappa shape index (κ2) is 20.4. The van der Waals surface area contributed by atoms with Crippen LogP contribution in [0.4, 0.5) is 5.82 Å². The SMILES string of the molecule is CCCCN.CCCCNc1ncnc2[nH]c(C)cc12.CS(=O)O.Cc1cc2c(Cl)ncnc2[nH]1.Clc1ncnc2[nH]ccc12. The van der Waals surface area contributed by atoms with Crippen molar-refractivity contribution >= 4 is 73.2 Å². The molecule has 13 nitrogen and oxygen atoms in total. The van der Waals surface area contributed by atoms with Crippen molar-refractivity contribution in [2.24, 2.45) is 5.73 Å². The summed E-state index contributed by atoms with van der Waals surface area (Å²) < 4.78 is 16.6. The molecule has 45 heavy (non-hydrogen) atoms. The molecule has 6 aromatic rings. The van der Waals surface area contributed by atoms with Gasteiger partial charge in [0.2, 0.25) is 0 Å².